The molecule has 3 atom stereocenters. The Bertz CT molecular complexity index is 288. The number of hydrogen-bond donors (Lipinski definition) is 0. The Kier molecular flexibility index (Phi) is 7.22. The summed E-state index contributed by atoms with van der Waals surface area (Å²) in [7, 11) is 1.74. The molecule has 1 aliphatic carbocycles. The zero-order valence-electron chi connectivity index (χ0n) is 14.2. The van der Waals surface area contributed by atoms with Gasteiger partial charge in [0.15, 0.2) is 0 Å². The normalized spacial score (nSPS) is 31.4. The molecule has 1 fully saturated rings. The van der Waals surface area contributed by atoms with Crippen molar-refractivity contribution in [3.63, 3.8) is 0 Å². The summed E-state index contributed by atoms with van der Waals surface area (Å²) in [6, 6.07) is 0. The van der Waals surface area contributed by atoms with E-state index in [1.807, 2.05) is 0 Å². The second-order valence-corrected chi connectivity index (χ2v) is 6.90. The molecule has 0 amide bonds. The summed E-state index contributed by atoms with van der Waals surface area (Å²) >= 11 is 0. The van der Waals surface area contributed by atoms with Crippen LogP contribution in [0.2, 0.25) is 0 Å². The molecule has 118 valence electrons. The first-order valence-electron chi connectivity index (χ1n) is 8.55. The number of ether oxygens (including phenoxy) is 1. The number of hydrogen-bond acceptors (Lipinski definition) is 2. The van der Waals surface area contributed by atoms with E-state index in [4.69, 9.17) is 4.74 Å². The van der Waals surface area contributed by atoms with Gasteiger partial charge in [0.1, 0.15) is 5.78 Å². The van der Waals surface area contributed by atoms with Gasteiger partial charge in [-0.15, -0.1) is 0 Å². The van der Waals surface area contributed by atoms with E-state index in [1.54, 1.807) is 7.11 Å². The summed E-state index contributed by atoms with van der Waals surface area (Å²) < 4.78 is 5.47. The molecule has 1 saturated carbocycles. The highest BCUT2D eigenvalue weighted by molar-refractivity contribution is 5.86. The lowest BCUT2D eigenvalue weighted by molar-refractivity contribution is -0.138. The molecule has 20 heavy (non-hydrogen) atoms. The minimum absolute atomic E-state index is 0.214. The fraction of sp³-hybridized carbons (Fsp3) is 0.944. The van der Waals surface area contributed by atoms with Crippen molar-refractivity contribution in [3.05, 3.63) is 0 Å². The van der Waals surface area contributed by atoms with Crippen molar-refractivity contribution in [2.45, 2.75) is 72.6 Å². The summed E-state index contributed by atoms with van der Waals surface area (Å²) in [5, 5.41) is 0. The predicted octanol–water partition coefficient (Wildman–Crippen LogP) is 4.86. The second-order valence-electron chi connectivity index (χ2n) is 6.90. The van der Waals surface area contributed by atoms with E-state index >= 15 is 0 Å². The molecule has 0 aliphatic heterocycles. The molecule has 0 saturated heterocycles. The molecule has 1 rings (SSSR count). The maximum Gasteiger partial charge on any atom is 0.142 e. The molecule has 0 radical (unpaired) electrons. The van der Waals surface area contributed by atoms with Crippen LogP contribution in [-0.2, 0) is 9.53 Å². The van der Waals surface area contributed by atoms with Gasteiger partial charge in [0.05, 0.1) is 12.0 Å². The number of methoxy groups -OCH3 is 1. The van der Waals surface area contributed by atoms with Crippen molar-refractivity contribution in [1.82, 2.24) is 0 Å². The fourth-order valence-electron chi connectivity index (χ4n) is 4.05. The smallest absolute Gasteiger partial charge is 0.142 e. The Hall–Kier alpha value is -0.370. The van der Waals surface area contributed by atoms with Gasteiger partial charge in [0, 0.05) is 13.5 Å². The van der Waals surface area contributed by atoms with E-state index in [0.717, 1.165) is 12.8 Å². The van der Waals surface area contributed by atoms with Crippen LogP contribution in [0.5, 0.6) is 0 Å². The minimum Gasteiger partial charge on any atom is -0.384 e. The third-order valence-corrected chi connectivity index (χ3v) is 5.71. The van der Waals surface area contributed by atoms with Crippen LogP contribution in [0.1, 0.15) is 72.6 Å². The lowest BCUT2D eigenvalue weighted by atomic mass is 9.68. The molecular formula is C18H34O2. The van der Waals surface area contributed by atoms with Gasteiger partial charge in [0.25, 0.3) is 0 Å². The minimum atomic E-state index is -0.214. The second kappa shape index (κ2) is 8.17. The molecule has 0 aromatic rings. The topological polar surface area (TPSA) is 26.3 Å². The molecule has 0 spiro atoms. The third kappa shape index (κ3) is 3.63. The van der Waals surface area contributed by atoms with Gasteiger partial charge in [-0.2, -0.15) is 0 Å². The summed E-state index contributed by atoms with van der Waals surface area (Å²) in [5.41, 5.74) is -0.214. The van der Waals surface area contributed by atoms with Gasteiger partial charge < -0.3 is 4.74 Å². The van der Waals surface area contributed by atoms with Crippen LogP contribution in [0, 0.1) is 23.2 Å². The Balaban J connectivity index is 2.78. The van der Waals surface area contributed by atoms with Gasteiger partial charge in [0.2, 0.25) is 0 Å². The van der Waals surface area contributed by atoms with E-state index in [1.165, 1.54) is 32.1 Å². The Labute approximate surface area is 125 Å². The van der Waals surface area contributed by atoms with Crippen molar-refractivity contribution in [3.8, 4) is 0 Å². The molecule has 3 unspecified atom stereocenters. The molecule has 0 aromatic heterocycles. The first kappa shape index (κ1) is 17.7. The Morgan fingerprint density at radius 1 is 1.25 bits per heavy atom. The van der Waals surface area contributed by atoms with E-state index in [2.05, 4.69) is 27.7 Å². The molecular weight excluding hydrogens is 248 g/mol. The molecule has 0 N–H and O–H groups in total. The van der Waals surface area contributed by atoms with Gasteiger partial charge >= 0.3 is 0 Å². The SMILES string of the molecule is CCCCC(CC)CC(=O)C1(COC)C(C)CCC1C. The van der Waals surface area contributed by atoms with Crippen LogP contribution >= 0.6 is 0 Å². The molecule has 1 aliphatic rings. The van der Waals surface area contributed by atoms with Crippen LogP contribution in [-0.4, -0.2) is 19.5 Å². The van der Waals surface area contributed by atoms with Crippen LogP contribution in [0.4, 0.5) is 0 Å². The highest BCUT2D eigenvalue weighted by Crippen LogP contribution is 2.49. The van der Waals surface area contributed by atoms with Crippen molar-refractivity contribution < 1.29 is 9.53 Å². The van der Waals surface area contributed by atoms with Crippen molar-refractivity contribution in [2.75, 3.05) is 13.7 Å². The van der Waals surface area contributed by atoms with E-state index in [-0.39, 0.29) is 5.41 Å². The van der Waals surface area contributed by atoms with Crippen molar-refractivity contribution in [2.24, 2.45) is 23.2 Å². The van der Waals surface area contributed by atoms with Gasteiger partial charge in [-0.05, 0) is 30.6 Å². The highest BCUT2D eigenvalue weighted by atomic mass is 16.5. The van der Waals surface area contributed by atoms with E-state index in [0.29, 0.717) is 30.1 Å². The van der Waals surface area contributed by atoms with Gasteiger partial charge in [-0.3, -0.25) is 4.79 Å². The summed E-state index contributed by atoms with van der Waals surface area (Å²) in [5.74, 6) is 1.97. The fourth-order valence-corrected chi connectivity index (χ4v) is 4.05. The quantitative estimate of drug-likeness (QED) is 0.603. The first-order chi connectivity index (χ1) is 9.52. The number of carbonyl (C=O) groups is 1. The maximum absolute atomic E-state index is 13.0. The first-order valence-corrected chi connectivity index (χ1v) is 8.55. The molecule has 0 aromatic carbocycles. The van der Waals surface area contributed by atoms with Gasteiger partial charge in [-0.1, -0.05) is 53.4 Å². The van der Waals surface area contributed by atoms with E-state index < -0.39 is 0 Å². The molecule has 2 heteroatoms. The molecule has 0 bridgehead atoms. The lowest BCUT2D eigenvalue weighted by Crippen LogP contribution is -2.43. The molecule has 2 nitrogen and oxygen atoms in total. The number of rotatable bonds is 9. The molecule has 0 heterocycles. The summed E-state index contributed by atoms with van der Waals surface area (Å²) in [6.07, 6.45) is 7.88. The average Bonchev–Trinajstić information content (AvgIpc) is 2.72. The lowest BCUT2D eigenvalue weighted by Gasteiger charge is -2.36. The van der Waals surface area contributed by atoms with Crippen molar-refractivity contribution >= 4 is 5.78 Å². The van der Waals surface area contributed by atoms with Crippen LogP contribution < -0.4 is 0 Å². The summed E-state index contributed by atoms with van der Waals surface area (Å²) in [6.45, 7) is 9.54. The van der Waals surface area contributed by atoms with E-state index in [9.17, 15) is 4.79 Å². The Morgan fingerprint density at radius 3 is 2.30 bits per heavy atom. The monoisotopic (exact) mass is 282 g/mol. The summed E-state index contributed by atoms with van der Waals surface area (Å²) in [4.78, 5) is 13.0. The zero-order chi connectivity index (χ0) is 15.2. The Morgan fingerprint density at radius 2 is 1.85 bits per heavy atom. The van der Waals surface area contributed by atoms with Crippen molar-refractivity contribution in [1.29, 1.82) is 0 Å². The number of carbonyl (C=O) groups excluding carboxylic acids is 1. The highest BCUT2D eigenvalue weighted by Gasteiger charge is 2.51. The number of Topliss-reactive ketones (excluding diaryl/α,β-unsaturated/α-hetero) is 1. The predicted molar refractivity (Wildman–Crippen MR) is 84.8 cm³/mol. The van der Waals surface area contributed by atoms with Crippen LogP contribution in [0.25, 0.3) is 0 Å². The van der Waals surface area contributed by atoms with Gasteiger partial charge in [-0.25, -0.2) is 0 Å². The largest absolute Gasteiger partial charge is 0.384 e. The van der Waals surface area contributed by atoms with Crippen LogP contribution in [0.15, 0.2) is 0 Å². The van der Waals surface area contributed by atoms with Crippen LogP contribution in [0.3, 0.4) is 0 Å². The maximum atomic E-state index is 13.0. The standard InChI is InChI=1S/C18H34O2/c1-6-8-9-16(7-2)12-17(19)18(13-20-5)14(3)10-11-15(18)4/h14-16H,6-13H2,1-5H3. The average molecular weight is 282 g/mol. The zero-order valence-corrected chi connectivity index (χ0v) is 14.2. The third-order valence-electron chi connectivity index (χ3n) is 5.71. The number of ketones is 1. The number of unbranched alkanes of at least 4 members (excludes halogenated alkanes) is 1.